The Balaban J connectivity index is 1.51. The molecule has 6 atom stereocenters. The fourth-order valence-electron chi connectivity index (χ4n) is 7.45. The number of aryl methyl sites for hydroxylation is 1. The van der Waals surface area contributed by atoms with Gasteiger partial charge in [0.05, 0.1) is 6.10 Å². The number of amides is 1. The summed E-state index contributed by atoms with van der Waals surface area (Å²) < 4.78 is 74.6. The summed E-state index contributed by atoms with van der Waals surface area (Å²) in [6, 6.07) is 2.91. The molecule has 1 amide bonds. The third-order valence-corrected chi connectivity index (χ3v) is 9.71. The zero-order chi connectivity index (χ0) is 24.7. The van der Waals surface area contributed by atoms with Crippen LogP contribution >= 0.6 is 0 Å². The average Bonchev–Trinajstić information content (AvgIpc) is 3.36. The average molecular weight is 504 g/mol. The first-order chi connectivity index (χ1) is 15.8. The minimum Gasteiger partial charge on any atom is -0.480 e. The molecule has 1 spiro atoms. The van der Waals surface area contributed by atoms with E-state index in [0.29, 0.717) is 18.3 Å². The van der Waals surface area contributed by atoms with Crippen molar-refractivity contribution in [1.29, 1.82) is 0 Å². The lowest BCUT2D eigenvalue weighted by Gasteiger charge is -2.52. The number of carbonyl (C=O) groups excluding carboxylic acids is 1. The van der Waals surface area contributed by atoms with E-state index in [1.54, 1.807) is 4.72 Å². The van der Waals surface area contributed by atoms with E-state index >= 15 is 0 Å². The van der Waals surface area contributed by atoms with Crippen molar-refractivity contribution in [3.63, 3.8) is 0 Å². The van der Waals surface area contributed by atoms with Crippen molar-refractivity contribution in [3.8, 4) is 11.5 Å². The highest BCUT2D eigenvalue weighted by Crippen LogP contribution is 2.81. The van der Waals surface area contributed by atoms with Crippen LogP contribution in [0.15, 0.2) is 12.1 Å². The van der Waals surface area contributed by atoms with Crippen LogP contribution in [-0.2, 0) is 21.5 Å². The molecule has 2 N–H and O–H groups in total. The zero-order valence-electron chi connectivity index (χ0n) is 18.9. The van der Waals surface area contributed by atoms with Gasteiger partial charge in [-0.25, -0.2) is 4.72 Å². The van der Waals surface area contributed by atoms with Crippen LogP contribution in [0.2, 0.25) is 0 Å². The second-order valence-electron chi connectivity index (χ2n) is 10.5. The Hall–Kier alpha value is -2.01. The first-order valence-electron chi connectivity index (χ1n) is 11.5. The first-order valence-corrected chi connectivity index (χ1v) is 12.9. The molecule has 34 heavy (non-hydrogen) atoms. The number of aliphatic hydroxyl groups is 1. The fraction of sp³-hybridized carbons (Fsp3) is 0.696. The van der Waals surface area contributed by atoms with Gasteiger partial charge in [-0.15, -0.1) is 0 Å². The standard InChI is InChI=1S/C23H28F3NO6S/c1-12(28)27-34(30,31)33-19-7-13-3-4-17-15(16(13)9-18(19)32-11-23(24,25)26)5-6-21(2)20(29)8-14-10-22(14,17)21/h7,9,14-15,17,20,29H,3-6,8,10-11H2,1-2H3,(H,27,28)/t14-,15-,17-,20-,21-,22+/m1/s1. The van der Waals surface area contributed by atoms with Crippen LogP contribution in [0.3, 0.4) is 0 Å². The normalized spacial score (nSPS) is 35.9. The summed E-state index contributed by atoms with van der Waals surface area (Å²) in [7, 11) is -4.58. The van der Waals surface area contributed by atoms with Crippen LogP contribution in [0.1, 0.15) is 63.0 Å². The maximum absolute atomic E-state index is 12.9. The molecule has 1 aromatic carbocycles. The van der Waals surface area contributed by atoms with Crippen molar-refractivity contribution in [2.45, 2.75) is 70.6 Å². The van der Waals surface area contributed by atoms with Crippen molar-refractivity contribution in [1.82, 2.24) is 4.72 Å². The van der Waals surface area contributed by atoms with Crippen LogP contribution in [0.4, 0.5) is 13.2 Å². The van der Waals surface area contributed by atoms with Crippen molar-refractivity contribution in [2.24, 2.45) is 22.7 Å². The third-order valence-electron chi connectivity index (χ3n) is 8.77. The van der Waals surface area contributed by atoms with Gasteiger partial charge in [0.15, 0.2) is 18.1 Å². The minimum atomic E-state index is -4.63. The van der Waals surface area contributed by atoms with Gasteiger partial charge < -0.3 is 14.0 Å². The Bertz CT molecular complexity index is 1140. The number of carbonyl (C=O) groups is 1. The zero-order valence-corrected chi connectivity index (χ0v) is 19.8. The number of halogens is 3. The Labute approximate surface area is 196 Å². The molecule has 11 heteroatoms. The van der Waals surface area contributed by atoms with E-state index in [2.05, 4.69) is 6.92 Å². The molecule has 3 saturated carbocycles. The van der Waals surface area contributed by atoms with E-state index in [4.69, 9.17) is 8.92 Å². The molecule has 0 bridgehead atoms. The van der Waals surface area contributed by atoms with Gasteiger partial charge in [-0.05, 0) is 90.4 Å². The van der Waals surface area contributed by atoms with Gasteiger partial charge in [0.1, 0.15) is 0 Å². The van der Waals surface area contributed by atoms with Gasteiger partial charge in [-0.3, -0.25) is 4.79 Å². The van der Waals surface area contributed by atoms with Crippen LogP contribution in [0, 0.1) is 22.7 Å². The van der Waals surface area contributed by atoms with E-state index in [1.807, 2.05) is 0 Å². The van der Waals surface area contributed by atoms with E-state index < -0.39 is 29.0 Å². The number of rotatable bonds is 5. The summed E-state index contributed by atoms with van der Waals surface area (Å²) in [5.41, 5.74) is 1.59. The smallest absolute Gasteiger partial charge is 0.422 e. The number of nitrogens with one attached hydrogen (secondary N) is 1. The molecule has 1 aromatic rings. The summed E-state index contributed by atoms with van der Waals surface area (Å²) in [5.74, 6) is -0.702. The summed E-state index contributed by atoms with van der Waals surface area (Å²) in [6.45, 7) is 1.56. The number of fused-ring (bicyclic) bond motifs is 3. The van der Waals surface area contributed by atoms with Gasteiger partial charge in [0.2, 0.25) is 5.91 Å². The van der Waals surface area contributed by atoms with Gasteiger partial charge in [-0.1, -0.05) is 6.92 Å². The van der Waals surface area contributed by atoms with Crippen molar-refractivity contribution >= 4 is 16.2 Å². The maximum atomic E-state index is 12.9. The number of benzene rings is 1. The fourth-order valence-corrected chi connectivity index (χ4v) is 8.21. The molecule has 4 aliphatic carbocycles. The highest BCUT2D eigenvalue weighted by Gasteiger charge is 2.76. The molecule has 3 fully saturated rings. The number of aliphatic hydroxyl groups excluding tert-OH is 1. The lowest BCUT2D eigenvalue weighted by Crippen LogP contribution is -2.47. The van der Waals surface area contributed by atoms with Crippen LogP contribution in [0.5, 0.6) is 11.5 Å². The molecular formula is C23H28F3NO6S. The number of alkyl halides is 3. The van der Waals surface area contributed by atoms with Crippen LogP contribution in [-0.4, -0.2) is 38.3 Å². The van der Waals surface area contributed by atoms with Gasteiger partial charge >= 0.3 is 16.5 Å². The first kappa shape index (κ1) is 23.7. The summed E-state index contributed by atoms with van der Waals surface area (Å²) >= 11 is 0. The number of hydrogen-bond donors (Lipinski definition) is 2. The van der Waals surface area contributed by atoms with E-state index in [9.17, 15) is 31.5 Å². The maximum Gasteiger partial charge on any atom is 0.422 e. The molecule has 0 heterocycles. The van der Waals surface area contributed by atoms with E-state index in [-0.39, 0.29) is 34.4 Å². The Morgan fingerprint density at radius 1 is 1.26 bits per heavy atom. The molecule has 5 rings (SSSR count). The molecule has 4 aliphatic rings. The molecule has 0 aromatic heterocycles. The summed E-state index contributed by atoms with van der Waals surface area (Å²) in [5, 5.41) is 10.7. The second kappa shape index (κ2) is 7.49. The lowest BCUT2D eigenvalue weighted by atomic mass is 9.52. The van der Waals surface area contributed by atoms with Gasteiger partial charge in [0.25, 0.3) is 0 Å². The molecule has 0 unspecified atom stereocenters. The number of ether oxygens (including phenoxy) is 1. The Morgan fingerprint density at radius 3 is 2.68 bits per heavy atom. The van der Waals surface area contributed by atoms with Crippen LogP contribution in [0.25, 0.3) is 0 Å². The van der Waals surface area contributed by atoms with Gasteiger partial charge in [-0.2, -0.15) is 21.6 Å². The molecule has 7 nitrogen and oxygen atoms in total. The SMILES string of the molecule is CC(=O)NS(=O)(=O)Oc1cc2c(cc1OCC(F)(F)F)[C@H]1CC[C@]3(C)[C@H](O)C[C@@H]4C[C@@]43[C@@H]1CC2. The van der Waals surface area contributed by atoms with Crippen LogP contribution < -0.4 is 13.6 Å². The Morgan fingerprint density at radius 2 is 2.00 bits per heavy atom. The molecule has 0 radical (unpaired) electrons. The predicted octanol–water partition coefficient (Wildman–Crippen LogP) is 3.60. The highest BCUT2D eigenvalue weighted by atomic mass is 32.2. The highest BCUT2D eigenvalue weighted by molar-refractivity contribution is 7.85. The lowest BCUT2D eigenvalue weighted by molar-refractivity contribution is -0.153. The Kier molecular flexibility index (Phi) is 5.23. The molecule has 0 saturated heterocycles. The molecular weight excluding hydrogens is 475 g/mol. The topological polar surface area (TPSA) is 102 Å². The second-order valence-corrected chi connectivity index (χ2v) is 11.8. The third kappa shape index (κ3) is 3.66. The summed E-state index contributed by atoms with van der Waals surface area (Å²) in [4.78, 5) is 11.2. The quantitative estimate of drug-likeness (QED) is 0.637. The molecule has 0 aliphatic heterocycles. The summed E-state index contributed by atoms with van der Waals surface area (Å²) in [6.07, 6.45) is 0.0325. The van der Waals surface area contributed by atoms with Crippen molar-refractivity contribution in [3.05, 3.63) is 23.3 Å². The monoisotopic (exact) mass is 503 g/mol. The van der Waals surface area contributed by atoms with Crippen molar-refractivity contribution < 1.29 is 40.4 Å². The van der Waals surface area contributed by atoms with Crippen molar-refractivity contribution in [2.75, 3.05) is 6.61 Å². The van der Waals surface area contributed by atoms with E-state index in [0.717, 1.165) is 50.2 Å². The van der Waals surface area contributed by atoms with Gasteiger partial charge in [0, 0.05) is 6.92 Å². The minimum absolute atomic E-state index is 0.0595. The molecule has 188 valence electrons. The predicted molar refractivity (Wildman–Crippen MR) is 114 cm³/mol. The largest absolute Gasteiger partial charge is 0.480 e. The van der Waals surface area contributed by atoms with E-state index in [1.165, 1.54) is 12.1 Å². The number of hydrogen-bond acceptors (Lipinski definition) is 6.